The predicted molar refractivity (Wildman–Crippen MR) is 108 cm³/mol. The first-order chi connectivity index (χ1) is 12.7. The maximum Gasteiger partial charge on any atom is 0.0537 e. The van der Waals surface area contributed by atoms with Crippen LogP contribution in [0.25, 0.3) is 0 Å². The molecule has 1 aliphatic rings. The Labute approximate surface area is 158 Å². The maximum atomic E-state index is 4.56. The average molecular weight is 355 g/mol. The van der Waals surface area contributed by atoms with Gasteiger partial charge in [-0.1, -0.05) is 37.3 Å². The molecule has 26 heavy (non-hydrogen) atoms. The molecular formula is C22H34N4. The highest BCUT2D eigenvalue weighted by Crippen LogP contribution is 2.19. The summed E-state index contributed by atoms with van der Waals surface area (Å²) in [6, 6.07) is 11.5. The molecule has 142 valence electrons. The van der Waals surface area contributed by atoms with Crippen LogP contribution in [-0.4, -0.2) is 52.3 Å². The minimum atomic E-state index is 0.647. The van der Waals surface area contributed by atoms with Crippen molar-refractivity contribution in [2.75, 3.05) is 26.7 Å². The molecule has 2 heterocycles. The van der Waals surface area contributed by atoms with Crippen molar-refractivity contribution in [2.45, 2.75) is 58.7 Å². The molecule has 1 saturated heterocycles. The summed E-state index contributed by atoms with van der Waals surface area (Å²) >= 11 is 0. The van der Waals surface area contributed by atoms with E-state index in [1.807, 2.05) is 0 Å². The number of nitrogens with zero attached hydrogens (tertiary/aromatic N) is 4. The molecule has 2 aromatic rings. The van der Waals surface area contributed by atoms with Crippen molar-refractivity contribution < 1.29 is 0 Å². The Morgan fingerprint density at radius 3 is 2.77 bits per heavy atom. The van der Waals surface area contributed by atoms with Gasteiger partial charge in [0.15, 0.2) is 0 Å². The monoisotopic (exact) mass is 354 g/mol. The number of likely N-dealkylation sites (N-methyl/N-ethyl adjacent to an activating group) is 1. The lowest BCUT2D eigenvalue weighted by atomic mass is 10.0. The summed E-state index contributed by atoms with van der Waals surface area (Å²) in [7, 11) is 2.28. The minimum absolute atomic E-state index is 0.647. The summed E-state index contributed by atoms with van der Waals surface area (Å²) < 4.78 is 2.15. The highest BCUT2D eigenvalue weighted by molar-refractivity contribution is 5.16. The molecule has 1 fully saturated rings. The zero-order valence-electron chi connectivity index (χ0n) is 16.7. The van der Waals surface area contributed by atoms with Crippen LogP contribution < -0.4 is 0 Å². The van der Waals surface area contributed by atoms with E-state index in [9.17, 15) is 0 Å². The van der Waals surface area contributed by atoms with E-state index >= 15 is 0 Å². The van der Waals surface area contributed by atoms with Crippen LogP contribution in [0, 0.1) is 6.92 Å². The second kappa shape index (κ2) is 9.33. The molecule has 0 saturated carbocycles. The van der Waals surface area contributed by atoms with Crippen molar-refractivity contribution >= 4 is 0 Å². The van der Waals surface area contributed by atoms with Crippen LogP contribution in [0.15, 0.2) is 36.5 Å². The summed E-state index contributed by atoms with van der Waals surface area (Å²) in [6.45, 7) is 10.0. The Morgan fingerprint density at radius 2 is 2.00 bits per heavy atom. The smallest absolute Gasteiger partial charge is 0.0537 e. The summed E-state index contributed by atoms with van der Waals surface area (Å²) in [4.78, 5) is 5.18. The molecule has 1 atom stereocenters. The van der Waals surface area contributed by atoms with Crippen LogP contribution >= 0.6 is 0 Å². The lowest BCUT2D eigenvalue weighted by Gasteiger charge is -2.37. The molecule has 1 aromatic carbocycles. The Bertz CT molecular complexity index is 664. The van der Waals surface area contributed by atoms with Crippen molar-refractivity contribution in [1.82, 2.24) is 19.6 Å². The van der Waals surface area contributed by atoms with Crippen LogP contribution in [0.5, 0.6) is 0 Å². The summed E-state index contributed by atoms with van der Waals surface area (Å²) in [5, 5.41) is 4.56. The van der Waals surface area contributed by atoms with E-state index in [2.05, 4.69) is 77.0 Å². The fraction of sp³-hybridized carbons (Fsp3) is 0.591. The van der Waals surface area contributed by atoms with Crippen molar-refractivity contribution in [3.05, 3.63) is 53.3 Å². The van der Waals surface area contributed by atoms with E-state index in [1.165, 1.54) is 49.3 Å². The van der Waals surface area contributed by atoms with Crippen LogP contribution in [0.1, 0.15) is 43.0 Å². The molecule has 0 N–H and O–H groups in total. The zero-order chi connectivity index (χ0) is 18.4. The topological polar surface area (TPSA) is 24.3 Å². The number of rotatable bonds is 8. The van der Waals surface area contributed by atoms with Crippen molar-refractivity contribution in [2.24, 2.45) is 0 Å². The van der Waals surface area contributed by atoms with Gasteiger partial charge in [0.25, 0.3) is 0 Å². The lowest BCUT2D eigenvalue weighted by molar-refractivity contribution is 0.112. The van der Waals surface area contributed by atoms with Gasteiger partial charge < -0.3 is 4.90 Å². The number of piperidine rings is 1. The minimum Gasteiger partial charge on any atom is -0.301 e. The van der Waals surface area contributed by atoms with Crippen molar-refractivity contribution in [3.63, 3.8) is 0 Å². The number of benzene rings is 1. The number of aryl methyl sites for hydroxylation is 1. The normalized spacial score (nSPS) is 18.5. The molecule has 1 unspecified atom stereocenters. The summed E-state index contributed by atoms with van der Waals surface area (Å²) in [5.74, 6) is 0. The predicted octanol–water partition coefficient (Wildman–Crippen LogP) is 3.74. The molecular weight excluding hydrogens is 320 g/mol. The van der Waals surface area contributed by atoms with Crippen LogP contribution in [-0.2, 0) is 19.5 Å². The van der Waals surface area contributed by atoms with Gasteiger partial charge in [-0.2, -0.15) is 5.10 Å². The van der Waals surface area contributed by atoms with Gasteiger partial charge in [0.05, 0.1) is 6.20 Å². The third-order valence-corrected chi connectivity index (χ3v) is 5.72. The highest BCUT2D eigenvalue weighted by Gasteiger charge is 2.23. The Hall–Kier alpha value is -1.65. The highest BCUT2D eigenvalue weighted by atomic mass is 15.3. The van der Waals surface area contributed by atoms with Gasteiger partial charge in [-0.15, -0.1) is 0 Å². The largest absolute Gasteiger partial charge is 0.301 e. The van der Waals surface area contributed by atoms with E-state index in [4.69, 9.17) is 0 Å². The zero-order valence-corrected chi connectivity index (χ0v) is 16.7. The van der Waals surface area contributed by atoms with Crippen LogP contribution in [0.3, 0.4) is 0 Å². The molecule has 4 heteroatoms. The van der Waals surface area contributed by atoms with E-state index in [1.54, 1.807) is 0 Å². The van der Waals surface area contributed by atoms with Gasteiger partial charge in [-0.05, 0) is 51.8 Å². The van der Waals surface area contributed by atoms with Gasteiger partial charge in [-0.25, -0.2) is 0 Å². The SMILES string of the molecule is CCCn1ncc(CN(C)C2CCCN(CCc3ccccc3)C2)c1C. The molecule has 0 amide bonds. The lowest BCUT2D eigenvalue weighted by Crippen LogP contribution is -2.46. The van der Waals surface area contributed by atoms with E-state index in [-0.39, 0.29) is 0 Å². The number of aromatic nitrogens is 2. The molecule has 4 nitrogen and oxygen atoms in total. The Balaban J connectivity index is 1.52. The third-order valence-electron chi connectivity index (χ3n) is 5.72. The second-order valence-corrected chi connectivity index (χ2v) is 7.73. The van der Waals surface area contributed by atoms with E-state index in [0.29, 0.717) is 6.04 Å². The molecule has 0 spiro atoms. The quantitative estimate of drug-likeness (QED) is 0.722. The van der Waals surface area contributed by atoms with Crippen molar-refractivity contribution in [1.29, 1.82) is 0 Å². The number of likely N-dealkylation sites (tertiary alicyclic amines) is 1. The van der Waals surface area contributed by atoms with Crippen molar-refractivity contribution in [3.8, 4) is 0 Å². The first-order valence-corrected chi connectivity index (χ1v) is 10.1. The van der Waals surface area contributed by atoms with Gasteiger partial charge in [0.2, 0.25) is 0 Å². The van der Waals surface area contributed by atoms with Crippen LogP contribution in [0.4, 0.5) is 0 Å². The average Bonchev–Trinajstić information content (AvgIpc) is 3.01. The third kappa shape index (κ3) is 4.95. The molecule has 3 rings (SSSR count). The first-order valence-electron chi connectivity index (χ1n) is 10.1. The number of hydrogen-bond donors (Lipinski definition) is 0. The molecule has 0 radical (unpaired) electrons. The fourth-order valence-corrected chi connectivity index (χ4v) is 4.00. The van der Waals surface area contributed by atoms with E-state index in [0.717, 1.165) is 25.9 Å². The van der Waals surface area contributed by atoms with E-state index < -0.39 is 0 Å². The Morgan fingerprint density at radius 1 is 1.19 bits per heavy atom. The summed E-state index contributed by atoms with van der Waals surface area (Å²) in [5.41, 5.74) is 4.15. The number of hydrogen-bond acceptors (Lipinski definition) is 3. The molecule has 0 aliphatic carbocycles. The maximum absolute atomic E-state index is 4.56. The first kappa shape index (κ1) is 19.1. The standard InChI is InChI=1S/C22H34N4/c1-4-13-26-19(2)21(16-23-26)17-24(3)22-11-8-14-25(18-22)15-12-20-9-6-5-7-10-20/h5-7,9-10,16,22H,4,8,11-15,17-18H2,1-3H3. The van der Waals surface area contributed by atoms with Crippen LogP contribution in [0.2, 0.25) is 0 Å². The Kier molecular flexibility index (Phi) is 6.86. The molecule has 1 aromatic heterocycles. The molecule has 1 aliphatic heterocycles. The van der Waals surface area contributed by atoms with Gasteiger partial charge in [0, 0.05) is 43.5 Å². The second-order valence-electron chi connectivity index (χ2n) is 7.73. The molecule has 0 bridgehead atoms. The van der Waals surface area contributed by atoms with Gasteiger partial charge in [-0.3, -0.25) is 9.58 Å². The van der Waals surface area contributed by atoms with Gasteiger partial charge in [0.1, 0.15) is 0 Å². The van der Waals surface area contributed by atoms with Gasteiger partial charge >= 0.3 is 0 Å². The summed E-state index contributed by atoms with van der Waals surface area (Å²) in [6.07, 6.45) is 6.97. The fourth-order valence-electron chi connectivity index (χ4n) is 4.00.